The molecule has 0 saturated carbocycles. The largest absolute Gasteiger partial charge is 0.508 e. The second-order valence-electron chi connectivity index (χ2n) is 5.98. The molecule has 0 bridgehead atoms. The lowest BCUT2D eigenvalue weighted by atomic mass is 9.81. The first-order chi connectivity index (χ1) is 12.5. The van der Waals surface area contributed by atoms with Crippen molar-refractivity contribution < 1.29 is 14.6 Å². The Kier molecular flexibility index (Phi) is 7.27. The monoisotopic (exact) mass is 373 g/mol. The van der Waals surface area contributed by atoms with Crippen LogP contribution in [0.3, 0.4) is 0 Å². The van der Waals surface area contributed by atoms with Gasteiger partial charge in [0.05, 0.1) is 35.8 Å². The van der Waals surface area contributed by atoms with E-state index in [1.807, 2.05) is 0 Å². The quantitative estimate of drug-likeness (QED) is 0.594. The van der Waals surface area contributed by atoms with E-state index in [1.165, 1.54) is 19.1 Å². The number of hydrogen-bond donors (Lipinski definition) is 4. The number of nitrogens with zero attached hydrogens (tertiary/aromatic N) is 1. The van der Waals surface area contributed by atoms with Crippen LogP contribution in [0.2, 0.25) is 0 Å². The van der Waals surface area contributed by atoms with Crippen LogP contribution in [0.4, 0.5) is 0 Å². The van der Waals surface area contributed by atoms with Crippen LogP contribution >= 0.6 is 12.6 Å². The number of benzene rings is 1. The Labute approximate surface area is 159 Å². The van der Waals surface area contributed by atoms with Gasteiger partial charge in [0.1, 0.15) is 5.75 Å². The number of phenols is 1. The first kappa shape index (κ1) is 20.0. The molecule has 3 N–H and O–H groups in total. The van der Waals surface area contributed by atoms with Crippen LogP contribution in [0.15, 0.2) is 46.1 Å². The number of ketones is 1. The van der Waals surface area contributed by atoms with Gasteiger partial charge in [0.2, 0.25) is 0 Å². The molecule has 6 nitrogen and oxygen atoms in total. The second kappa shape index (κ2) is 9.43. The van der Waals surface area contributed by atoms with Crippen LogP contribution in [0.1, 0.15) is 25.3 Å². The van der Waals surface area contributed by atoms with Crippen LogP contribution in [-0.4, -0.2) is 37.2 Å². The summed E-state index contributed by atoms with van der Waals surface area (Å²) in [6.07, 6.45) is 0. The van der Waals surface area contributed by atoms with E-state index in [0.717, 1.165) is 31.9 Å². The molecular weight excluding hydrogens is 350 g/mol. The molecule has 1 fully saturated rings. The Hall–Kier alpha value is -2.27. The van der Waals surface area contributed by atoms with Gasteiger partial charge in [-0.15, -0.1) is 12.6 Å². The molecule has 1 atom stereocenters. The van der Waals surface area contributed by atoms with E-state index >= 15 is 0 Å². The van der Waals surface area contributed by atoms with Gasteiger partial charge in [-0.3, -0.25) is 4.79 Å². The maximum absolute atomic E-state index is 11.9. The minimum Gasteiger partial charge on any atom is -0.508 e. The molecule has 0 aromatic heterocycles. The van der Waals surface area contributed by atoms with E-state index in [-0.39, 0.29) is 11.5 Å². The van der Waals surface area contributed by atoms with Crippen molar-refractivity contribution in [1.29, 1.82) is 5.26 Å². The fourth-order valence-corrected chi connectivity index (χ4v) is 3.26. The highest BCUT2D eigenvalue weighted by atomic mass is 32.1. The third kappa shape index (κ3) is 4.88. The van der Waals surface area contributed by atoms with E-state index < -0.39 is 5.92 Å². The van der Waals surface area contributed by atoms with Crippen molar-refractivity contribution in [3.63, 3.8) is 0 Å². The zero-order valence-electron chi connectivity index (χ0n) is 14.9. The van der Waals surface area contributed by atoms with Crippen LogP contribution in [0.5, 0.6) is 5.75 Å². The van der Waals surface area contributed by atoms with Crippen molar-refractivity contribution in [3.05, 3.63) is 51.7 Å². The Balaban J connectivity index is 0.000000342. The Bertz CT molecular complexity index is 748. The average molecular weight is 373 g/mol. The maximum Gasteiger partial charge on any atom is 0.158 e. The molecule has 3 rings (SSSR count). The standard InChI is InChI=1S/C15H14N2O2S.C4H9NO/c1-8-13(9(2)18)14(12(7-16)15(20)17-8)10-3-5-11(19)6-4-10;1-3-6-4-2-5-1/h3-6,14,17,19-20H,1-2H3;5H,1-4H2. The Morgan fingerprint density at radius 2 is 1.92 bits per heavy atom. The molecule has 0 amide bonds. The summed E-state index contributed by atoms with van der Waals surface area (Å²) in [7, 11) is 0. The smallest absolute Gasteiger partial charge is 0.158 e. The SMILES string of the molecule is C1COCCN1.CC(=O)C1=C(C)NC(S)=C(C#N)C1c1ccc(O)cc1. The number of morpholine rings is 1. The summed E-state index contributed by atoms with van der Waals surface area (Å²) in [5.41, 5.74) is 2.41. The van der Waals surface area contributed by atoms with E-state index in [1.54, 1.807) is 19.1 Å². The highest BCUT2D eigenvalue weighted by Gasteiger charge is 2.31. The summed E-state index contributed by atoms with van der Waals surface area (Å²) in [5.74, 6) is -0.408. The van der Waals surface area contributed by atoms with Crippen LogP contribution in [0.25, 0.3) is 0 Å². The van der Waals surface area contributed by atoms with Gasteiger partial charge in [-0.25, -0.2) is 0 Å². The van der Waals surface area contributed by atoms with Crippen LogP contribution < -0.4 is 10.6 Å². The van der Waals surface area contributed by atoms with Crippen molar-refractivity contribution in [1.82, 2.24) is 10.6 Å². The molecule has 1 aromatic rings. The first-order valence-corrected chi connectivity index (χ1v) is 8.79. The van der Waals surface area contributed by atoms with Crippen molar-refractivity contribution in [3.8, 4) is 11.8 Å². The number of hydrogen-bond acceptors (Lipinski definition) is 7. The Morgan fingerprint density at radius 1 is 1.31 bits per heavy atom. The van der Waals surface area contributed by atoms with E-state index in [4.69, 9.17) is 4.74 Å². The van der Waals surface area contributed by atoms with Crippen molar-refractivity contribution in [2.24, 2.45) is 0 Å². The normalized spacial score (nSPS) is 19.8. The zero-order valence-corrected chi connectivity index (χ0v) is 15.8. The number of nitrogens with one attached hydrogen (secondary N) is 2. The summed E-state index contributed by atoms with van der Waals surface area (Å²) >= 11 is 4.29. The lowest BCUT2D eigenvalue weighted by Gasteiger charge is -2.27. The van der Waals surface area contributed by atoms with Gasteiger partial charge in [-0.05, 0) is 31.5 Å². The fourth-order valence-electron chi connectivity index (χ4n) is 2.91. The number of nitriles is 1. The Morgan fingerprint density at radius 3 is 2.35 bits per heavy atom. The number of ether oxygens (including phenoxy) is 1. The number of carbonyl (C=O) groups excluding carboxylic acids is 1. The number of allylic oxidation sites excluding steroid dienone is 3. The lowest BCUT2D eigenvalue weighted by molar-refractivity contribution is -0.113. The van der Waals surface area contributed by atoms with E-state index in [0.29, 0.717) is 21.9 Å². The highest BCUT2D eigenvalue weighted by Crippen LogP contribution is 2.39. The number of Topliss-reactive ketones (excluding diaryl/α,β-unsaturated/α-hetero) is 1. The van der Waals surface area contributed by atoms with Crippen LogP contribution in [-0.2, 0) is 9.53 Å². The predicted molar refractivity (Wildman–Crippen MR) is 103 cm³/mol. The van der Waals surface area contributed by atoms with E-state index in [2.05, 4.69) is 29.3 Å². The van der Waals surface area contributed by atoms with Gasteiger partial charge in [0.15, 0.2) is 5.78 Å². The topological polar surface area (TPSA) is 94.4 Å². The maximum atomic E-state index is 11.9. The number of aromatic hydroxyl groups is 1. The minimum absolute atomic E-state index is 0.0957. The van der Waals surface area contributed by atoms with Gasteiger partial charge in [-0.1, -0.05) is 12.1 Å². The molecule has 138 valence electrons. The van der Waals surface area contributed by atoms with Gasteiger partial charge >= 0.3 is 0 Å². The summed E-state index contributed by atoms with van der Waals surface area (Å²) < 4.78 is 5.01. The van der Waals surface area contributed by atoms with Crippen LogP contribution in [0, 0.1) is 11.3 Å². The zero-order chi connectivity index (χ0) is 19.1. The van der Waals surface area contributed by atoms with Gasteiger partial charge < -0.3 is 20.5 Å². The molecule has 0 aliphatic carbocycles. The number of rotatable bonds is 2. The average Bonchev–Trinajstić information content (AvgIpc) is 2.63. The molecule has 2 aliphatic heterocycles. The summed E-state index contributed by atoms with van der Waals surface area (Å²) in [4.78, 5) is 11.9. The summed E-state index contributed by atoms with van der Waals surface area (Å²) in [5, 5.41) is 25.3. The molecular formula is C19H23N3O3S. The second-order valence-corrected chi connectivity index (χ2v) is 6.43. The van der Waals surface area contributed by atoms with Crippen molar-refractivity contribution >= 4 is 18.4 Å². The summed E-state index contributed by atoms with van der Waals surface area (Å²) in [6, 6.07) is 8.61. The van der Waals surface area contributed by atoms with Gasteiger partial charge in [0, 0.05) is 24.4 Å². The third-order valence-corrected chi connectivity index (χ3v) is 4.47. The minimum atomic E-state index is -0.452. The predicted octanol–water partition coefficient (Wildman–Crippen LogP) is 2.21. The third-order valence-electron chi connectivity index (χ3n) is 4.11. The first-order valence-electron chi connectivity index (χ1n) is 8.35. The molecule has 26 heavy (non-hydrogen) atoms. The highest BCUT2D eigenvalue weighted by molar-refractivity contribution is 7.84. The number of phenolic OH excluding ortho intramolecular Hbond substituents is 1. The number of dihydropyridines is 1. The number of carbonyl (C=O) groups is 1. The molecule has 1 aromatic carbocycles. The molecule has 0 radical (unpaired) electrons. The fraction of sp³-hybridized carbons (Fsp3) is 0.368. The van der Waals surface area contributed by atoms with Crippen molar-refractivity contribution in [2.45, 2.75) is 19.8 Å². The lowest BCUT2D eigenvalue weighted by Crippen LogP contribution is -2.30. The van der Waals surface area contributed by atoms with E-state index in [9.17, 15) is 15.2 Å². The molecule has 2 heterocycles. The molecule has 0 spiro atoms. The summed E-state index contributed by atoms with van der Waals surface area (Å²) in [6.45, 7) is 7.10. The molecule has 7 heteroatoms. The molecule has 1 saturated heterocycles. The van der Waals surface area contributed by atoms with Gasteiger partial charge in [0.25, 0.3) is 0 Å². The molecule has 2 aliphatic rings. The molecule has 1 unspecified atom stereocenters. The van der Waals surface area contributed by atoms with Crippen molar-refractivity contribution in [2.75, 3.05) is 26.3 Å². The number of thiol groups is 1. The van der Waals surface area contributed by atoms with Gasteiger partial charge in [-0.2, -0.15) is 5.26 Å².